The number of aromatic nitrogens is 1. The molecule has 0 saturated heterocycles. The highest BCUT2D eigenvalue weighted by atomic mass is 16.5. The molecule has 0 amide bonds. The van der Waals surface area contributed by atoms with Crippen molar-refractivity contribution < 1.29 is 24.2 Å². The van der Waals surface area contributed by atoms with E-state index in [1.165, 1.54) is 19.4 Å². The van der Waals surface area contributed by atoms with Crippen LogP contribution < -0.4 is 4.74 Å². The van der Waals surface area contributed by atoms with Gasteiger partial charge in [-0.25, -0.2) is 14.6 Å². The number of hydrogen-bond acceptors (Lipinski definition) is 5. The van der Waals surface area contributed by atoms with Gasteiger partial charge in [0.15, 0.2) is 11.4 Å². The highest BCUT2D eigenvalue weighted by Gasteiger charge is 2.21. The second-order valence-corrected chi connectivity index (χ2v) is 4.24. The van der Waals surface area contributed by atoms with Crippen molar-refractivity contribution in [2.45, 2.75) is 32.6 Å². The third-order valence-electron chi connectivity index (χ3n) is 2.76. The lowest BCUT2D eigenvalue weighted by Gasteiger charge is -2.10. The van der Waals surface area contributed by atoms with Crippen LogP contribution in [0, 0.1) is 0 Å². The first-order valence-corrected chi connectivity index (χ1v) is 6.55. The minimum atomic E-state index is -1.25. The first-order chi connectivity index (χ1) is 9.61. The lowest BCUT2D eigenvalue weighted by Crippen LogP contribution is -2.12. The highest BCUT2D eigenvalue weighted by Crippen LogP contribution is 2.22. The Labute approximate surface area is 117 Å². The van der Waals surface area contributed by atoms with E-state index in [4.69, 9.17) is 14.6 Å². The molecule has 1 aromatic heterocycles. The molecule has 6 heteroatoms. The van der Waals surface area contributed by atoms with Crippen molar-refractivity contribution in [2.75, 3.05) is 13.7 Å². The zero-order valence-corrected chi connectivity index (χ0v) is 11.7. The van der Waals surface area contributed by atoms with Gasteiger partial charge in [-0.3, -0.25) is 0 Å². The third-order valence-corrected chi connectivity index (χ3v) is 2.76. The second-order valence-electron chi connectivity index (χ2n) is 4.24. The minimum absolute atomic E-state index is 0.0708. The fraction of sp³-hybridized carbons (Fsp3) is 0.500. The number of unbranched alkanes of at least 4 members (excludes halogenated alkanes) is 3. The van der Waals surface area contributed by atoms with E-state index in [9.17, 15) is 9.59 Å². The van der Waals surface area contributed by atoms with Crippen LogP contribution in [-0.4, -0.2) is 35.7 Å². The number of carboxylic acids is 1. The number of esters is 1. The molecular formula is C14H19NO5. The summed E-state index contributed by atoms with van der Waals surface area (Å²) in [4.78, 5) is 26.6. The molecule has 0 aromatic carbocycles. The van der Waals surface area contributed by atoms with Crippen LogP contribution in [0.2, 0.25) is 0 Å². The van der Waals surface area contributed by atoms with Crippen molar-refractivity contribution in [3.8, 4) is 5.75 Å². The Hall–Kier alpha value is -2.11. The number of aromatic carboxylic acids is 1. The summed E-state index contributed by atoms with van der Waals surface area (Å²) >= 11 is 0. The van der Waals surface area contributed by atoms with Crippen molar-refractivity contribution in [1.29, 1.82) is 0 Å². The van der Waals surface area contributed by atoms with E-state index in [0.717, 1.165) is 25.7 Å². The molecule has 0 atom stereocenters. The number of carbonyl (C=O) groups excluding carboxylic acids is 1. The first kappa shape index (κ1) is 15.9. The van der Waals surface area contributed by atoms with E-state index >= 15 is 0 Å². The van der Waals surface area contributed by atoms with Crippen molar-refractivity contribution in [1.82, 2.24) is 4.98 Å². The van der Waals surface area contributed by atoms with Crippen LogP contribution in [0.4, 0.5) is 0 Å². The van der Waals surface area contributed by atoms with Gasteiger partial charge < -0.3 is 14.6 Å². The summed E-state index contributed by atoms with van der Waals surface area (Å²) in [5.41, 5.74) is -0.219. The lowest BCUT2D eigenvalue weighted by molar-refractivity contribution is 0.0494. The molecule has 0 aliphatic carbocycles. The number of rotatable bonds is 8. The molecule has 20 heavy (non-hydrogen) atoms. The zero-order chi connectivity index (χ0) is 15.0. The van der Waals surface area contributed by atoms with Crippen LogP contribution in [0.5, 0.6) is 5.75 Å². The van der Waals surface area contributed by atoms with Gasteiger partial charge in [-0.05, 0) is 12.5 Å². The molecule has 6 nitrogen and oxygen atoms in total. The average Bonchev–Trinajstić information content (AvgIpc) is 2.45. The van der Waals surface area contributed by atoms with Crippen LogP contribution in [0.25, 0.3) is 0 Å². The molecule has 0 unspecified atom stereocenters. The molecule has 1 rings (SSSR count). The molecular weight excluding hydrogens is 262 g/mol. The smallest absolute Gasteiger partial charge is 0.358 e. The molecule has 0 aliphatic rings. The van der Waals surface area contributed by atoms with Crippen LogP contribution >= 0.6 is 0 Å². The number of ether oxygens (including phenoxy) is 2. The Bertz CT molecular complexity index is 473. The third kappa shape index (κ3) is 4.22. The molecule has 1 N–H and O–H groups in total. The van der Waals surface area contributed by atoms with E-state index in [1.807, 2.05) is 0 Å². The van der Waals surface area contributed by atoms with Gasteiger partial charge in [0.05, 0.1) is 13.7 Å². The second kappa shape index (κ2) is 8.14. The summed E-state index contributed by atoms with van der Waals surface area (Å²) in [6.45, 7) is 2.41. The highest BCUT2D eigenvalue weighted by molar-refractivity contribution is 5.98. The fourth-order valence-electron chi connectivity index (χ4n) is 1.74. The maximum atomic E-state index is 11.9. The number of nitrogens with zero attached hydrogens (tertiary/aromatic N) is 1. The Morgan fingerprint density at radius 1 is 1.30 bits per heavy atom. The predicted octanol–water partition coefficient (Wildman–Crippen LogP) is 2.53. The Morgan fingerprint density at radius 2 is 2.05 bits per heavy atom. The molecule has 0 aliphatic heterocycles. The number of carboxylic acid groups (broad SMARTS) is 1. The van der Waals surface area contributed by atoms with E-state index in [1.54, 1.807) is 0 Å². The molecule has 0 saturated carbocycles. The lowest BCUT2D eigenvalue weighted by atomic mass is 10.2. The van der Waals surface area contributed by atoms with Gasteiger partial charge in [0.2, 0.25) is 0 Å². The van der Waals surface area contributed by atoms with Gasteiger partial charge in [0.25, 0.3) is 0 Å². The predicted molar refractivity (Wildman–Crippen MR) is 72.2 cm³/mol. The van der Waals surface area contributed by atoms with E-state index in [-0.39, 0.29) is 17.0 Å². The normalized spacial score (nSPS) is 10.1. The number of hydrogen-bond donors (Lipinski definition) is 1. The average molecular weight is 281 g/mol. The van der Waals surface area contributed by atoms with Gasteiger partial charge in [-0.2, -0.15) is 0 Å². The van der Waals surface area contributed by atoms with Crippen LogP contribution in [-0.2, 0) is 4.74 Å². The summed E-state index contributed by atoms with van der Waals surface area (Å²) in [6, 6.07) is 1.39. The molecule has 0 spiro atoms. The Balaban J connectivity index is 2.72. The van der Waals surface area contributed by atoms with Crippen molar-refractivity contribution in [3.05, 3.63) is 23.5 Å². The SMILES string of the molecule is CCCCCCOC(=O)c1ccnc(C(=O)O)c1OC. The summed E-state index contributed by atoms with van der Waals surface area (Å²) in [7, 11) is 1.29. The van der Waals surface area contributed by atoms with Gasteiger partial charge in [0.1, 0.15) is 5.56 Å². The number of carbonyl (C=O) groups is 2. The van der Waals surface area contributed by atoms with Crippen molar-refractivity contribution in [3.63, 3.8) is 0 Å². The van der Waals surface area contributed by atoms with Crippen LogP contribution in [0.3, 0.4) is 0 Å². The Kier molecular flexibility index (Phi) is 6.49. The van der Waals surface area contributed by atoms with Gasteiger partial charge in [-0.15, -0.1) is 0 Å². The first-order valence-electron chi connectivity index (χ1n) is 6.55. The van der Waals surface area contributed by atoms with Crippen LogP contribution in [0.15, 0.2) is 12.3 Å². The fourth-order valence-corrected chi connectivity index (χ4v) is 1.74. The maximum absolute atomic E-state index is 11.9. The minimum Gasteiger partial charge on any atom is -0.493 e. The molecule has 0 fully saturated rings. The maximum Gasteiger partial charge on any atom is 0.358 e. The number of pyridine rings is 1. The molecule has 0 radical (unpaired) electrons. The Morgan fingerprint density at radius 3 is 2.65 bits per heavy atom. The van der Waals surface area contributed by atoms with Gasteiger partial charge in [0, 0.05) is 6.20 Å². The van der Waals surface area contributed by atoms with Gasteiger partial charge in [-0.1, -0.05) is 26.2 Å². The zero-order valence-electron chi connectivity index (χ0n) is 11.7. The largest absolute Gasteiger partial charge is 0.493 e. The monoisotopic (exact) mass is 281 g/mol. The van der Waals surface area contributed by atoms with Crippen LogP contribution in [0.1, 0.15) is 53.5 Å². The molecule has 1 aromatic rings. The summed E-state index contributed by atoms with van der Waals surface area (Å²) in [6.07, 6.45) is 5.24. The molecule has 0 bridgehead atoms. The molecule has 1 heterocycles. The summed E-state index contributed by atoms with van der Waals surface area (Å²) < 4.78 is 10.1. The van der Waals surface area contributed by atoms with E-state index < -0.39 is 11.9 Å². The topological polar surface area (TPSA) is 85.7 Å². The standard InChI is InChI=1S/C14H19NO5/c1-3-4-5-6-9-20-14(18)10-7-8-15-11(13(16)17)12(10)19-2/h7-8H,3-6,9H2,1-2H3,(H,16,17). The quantitative estimate of drug-likeness (QED) is 0.582. The molecule has 110 valence electrons. The van der Waals surface area contributed by atoms with E-state index in [0.29, 0.717) is 6.61 Å². The summed E-state index contributed by atoms with van der Waals surface area (Å²) in [5, 5.41) is 8.98. The van der Waals surface area contributed by atoms with Crippen molar-refractivity contribution in [2.24, 2.45) is 0 Å². The number of methoxy groups -OCH3 is 1. The van der Waals surface area contributed by atoms with E-state index in [2.05, 4.69) is 11.9 Å². The summed E-state index contributed by atoms with van der Waals surface area (Å²) in [5.74, 6) is -1.92. The van der Waals surface area contributed by atoms with Gasteiger partial charge >= 0.3 is 11.9 Å². The van der Waals surface area contributed by atoms with Crippen molar-refractivity contribution >= 4 is 11.9 Å².